The van der Waals surface area contributed by atoms with Gasteiger partial charge < -0.3 is 19.3 Å². The molecule has 4 atom stereocenters. The van der Waals surface area contributed by atoms with Crippen LogP contribution in [0.4, 0.5) is 4.79 Å². The fourth-order valence-corrected chi connectivity index (χ4v) is 7.26. The number of hydrogen-bond acceptors (Lipinski definition) is 5. The summed E-state index contributed by atoms with van der Waals surface area (Å²) in [4.78, 5) is 31.6. The van der Waals surface area contributed by atoms with Crippen molar-refractivity contribution >= 4 is 22.3 Å². The van der Waals surface area contributed by atoms with Gasteiger partial charge in [-0.2, -0.15) is 5.10 Å². The maximum Gasteiger partial charge on any atom is 0.320 e. The van der Waals surface area contributed by atoms with E-state index in [4.69, 9.17) is 0 Å². The number of carbonyl (C=O) groups excluding carboxylic acids is 2. The lowest BCUT2D eigenvalue weighted by molar-refractivity contribution is -0.144. The van der Waals surface area contributed by atoms with Crippen LogP contribution in [0.25, 0.3) is 0 Å². The van der Waals surface area contributed by atoms with Gasteiger partial charge in [-0.05, 0) is 38.0 Å². The predicted molar refractivity (Wildman–Crippen MR) is 116 cm³/mol. The van der Waals surface area contributed by atoms with Crippen molar-refractivity contribution in [2.24, 2.45) is 11.8 Å². The molecule has 4 fully saturated rings. The first-order chi connectivity index (χ1) is 15.4. The van der Waals surface area contributed by atoms with Gasteiger partial charge in [0.05, 0.1) is 19.3 Å². The number of aromatic nitrogens is 2. The lowest BCUT2D eigenvalue weighted by Gasteiger charge is -2.53. The van der Waals surface area contributed by atoms with E-state index in [0.29, 0.717) is 51.0 Å². The normalized spacial score (nSPS) is 30.8. The summed E-state index contributed by atoms with van der Waals surface area (Å²) in [5.41, 5.74) is 0. The molecule has 32 heavy (non-hydrogen) atoms. The van der Waals surface area contributed by atoms with Crippen molar-refractivity contribution in [3.8, 4) is 0 Å². The van der Waals surface area contributed by atoms with Crippen LogP contribution in [-0.4, -0.2) is 97.1 Å². The molecule has 5 heterocycles. The van der Waals surface area contributed by atoms with Gasteiger partial charge in [-0.3, -0.25) is 9.48 Å². The molecule has 3 unspecified atom stereocenters. The Bertz CT molecular complexity index is 929. The first kappa shape index (κ1) is 21.8. The van der Waals surface area contributed by atoms with Crippen LogP contribution in [0.3, 0.4) is 0 Å². The maximum absolute atomic E-state index is 13.3. The van der Waals surface area contributed by atoms with E-state index in [1.807, 2.05) is 11.8 Å². The van der Waals surface area contributed by atoms with Crippen LogP contribution < -0.4 is 0 Å². The third-order valence-electron chi connectivity index (χ3n) is 7.53. The average molecular weight is 465 g/mol. The highest BCUT2D eigenvalue weighted by molar-refractivity contribution is 7.95. The number of rotatable bonds is 3. The van der Waals surface area contributed by atoms with E-state index in [-0.39, 0.29) is 36.0 Å². The smallest absolute Gasteiger partial charge is 0.320 e. The zero-order valence-electron chi connectivity index (χ0n) is 18.6. The van der Waals surface area contributed by atoms with Crippen LogP contribution in [0.5, 0.6) is 0 Å². The molecule has 1 aromatic rings. The lowest BCUT2D eigenvalue weighted by Crippen LogP contribution is -2.63. The minimum absolute atomic E-state index is 0.00568. The summed E-state index contributed by atoms with van der Waals surface area (Å²) in [7, 11) is -3.60. The Morgan fingerprint density at radius 3 is 2.69 bits per heavy atom. The van der Waals surface area contributed by atoms with Gasteiger partial charge in [0.25, 0.3) is 0 Å². The largest absolute Gasteiger partial charge is 0.593 e. The van der Waals surface area contributed by atoms with Gasteiger partial charge in [0, 0.05) is 51.7 Å². The first-order valence-electron chi connectivity index (χ1n) is 11.7. The number of piperidine rings is 3. The molecule has 2 bridgehead atoms. The monoisotopic (exact) mass is 464 g/mol. The number of aryl methyl sites for hydroxylation is 1. The van der Waals surface area contributed by atoms with Crippen LogP contribution in [0.15, 0.2) is 17.3 Å². The second-order valence-electron chi connectivity index (χ2n) is 9.48. The lowest BCUT2D eigenvalue weighted by atomic mass is 9.76. The predicted octanol–water partition coefficient (Wildman–Crippen LogP) is 0.877. The number of fused-ring (bicyclic) bond motifs is 4. The van der Waals surface area contributed by atoms with Crippen molar-refractivity contribution in [2.75, 3.05) is 45.8 Å². The van der Waals surface area contributed by atoms with Crippen LogP contribution in [-0.2, 0) is 25.9 Å². The second kappa shape index (κ2) is 8.42. The number of urea groups is 1. The number of nitrogens with zero attached hydrogens (tertiary/aromatic N) is 6. The Labute approximate surface area is 189 Å². The minimum Gasteiger partial charge on any atom is -0.593 e. The van der Waals surface area contributed by atoms with E-state index in [0.717, 1.165) is 25.8 Å². The highest BCUT2D eigenvalue weighted by Crippen LogP contribution is 2.38. The number of carbonyl (C=O) groups is 2. The zero-order valence-corrected chi connectivity index (χ0v) is 19.4. The van der Waals surface area contributed by atoms with Crippen LogP contribution in [0, 0.1) is 11.8 Å². The molecule has 11 heteroatoms. The molecule has 10 nitrogen and oxygen atoms in total. The second-order valence-corrected chi connectivity index (χ2v) is 11.4. The Morgan fingerprint density at radius 2 is 1.97 bits per heavy atom. The van der Waals surface area contributed by atoms with Gasteiger partial charge in [-0.1, -0.05) is 4.21 Å². The van der Waals surface area contributed by atoms with E-state index in [2.05, 4.69) is 10.00 Å². The topological polar surface area (TPSA) is 105 Å². The quantitative estimate of drug-likeness (QED) is 0.618. The summed E-state index contributed by atoms with van der Waals surface area (Å²) in [5, 5.41) is 4.08. The molecular weight excluding hydrogens is 432 g/mol. The van der Waals surface area contributed by atoms with Gasteiger partial charge in [0.15, 0.2) is 10.4 Å². The summed E-state index contributed by atoms with van der Waals surface area (Å²) < 4.78 is 28.9. The number of piperazine rings is 1. The first-order valence-corrected chi connectivity index (χ1v) is 13.2. The van der Waals surface area contributed by atoms with Gasteiger partial charge in [-0.15, -0.1) is 4.31 Å². The molecule has 5 rings (SSSR count). The number of likely N-dealkylation sites (tertiary alicyclic amines) is 1. The van der Waals surface area contributed by atoms with Gasteiger partial charge in [-0.25, -0.2) is 4.79 Å². The van der Waals surface area contributed by atoms with Crippen molar-refractivity contribution < 1.29 is 18.4 Å². The van der Waals surface area contributed by atoms with Gasteiger partial charge >= 0.3 is 6.03 Å². The van der Waals surface area contributed by atoms with Crippen molar-refractivity contribution in [3.05, 3.63) is 12.4 Å². The van der Waals surface area contributed by atoms with E-state index in [9.17, 15) is 18.4 Å². The SMILES string of the molecule is CCn1cc([S+](=O)([O-])N2CCN(C(=O)N3CC4CC(C3)[C@H]3CCCC(=O)N3C4)CC2)cn1. The van der Waals surface area contributed by atoms with Crippen molar-refractivity contribution in [2.45, 2.75) is 50.1 Å². The fraction of sp³-hybridized carbons (Fsp3) is 0.762. The number of amides is 3. The molecule has 4 saturated heterocycles. The summed E-state index contributed by atoms with van der Waals surface area (Å²) in [6.07, 6.45) is 6.68. The molecular formula is C21H32N6O4S. The maximum atomic E-state index is 13.3. The van der Waals surface area contributed by atoms with E-state index >= 15 is 0 Å². The molecule has 0 aromatic carbocycles. The van der Waals surface area contributed by atoms with Crippen LogP contribution in [0.2, 0.25) is 0 Å². The van der Waals surface area contributed by atoms with E-state index in [1.54, 1.807) is 15.8 Å². The van der Waals surface area contributed by atoms with Crippen LogP contribution >= 0.6 is 0 Å². The number of hydrogen-bond donors (Lipinski definition) is 0. The molecule has 0 saturated carbocycles. The van der Waals surface area contributed by atoms with Crippen molar-refractivity contribution in [1.82, 2.24) is 28.8 Å². The highest BCUT2D eigenvalue weighted by Gasteiger charge is 2.46. The molecule has 0 N–H and O–H groups in total. The average Bonchev–Trinajstić information content (AvgIpc) is 3.30. The van der Waals surface area contributed by atoms with Crippen LogP contribution in [0.1, 0.15) is 32.6 Å². The molecule has 0 spiro atoms. The van der Waals surface area contributed by atoms with Gasteiger partial charge in [0.1, 0.15) is 6.20 Å². The zero-order chi connectivity index (χ0) is 22.5. The summed E-state index contributed by atoms with van der Waals surface area (Å²) in [6, 6.07) is 0.278. The molecule has 0 aliphatic carbocycles. The summed E-state index contributed by atoms with van der Waals surface area (Å²) >= 11 is 0. The highest BCUT2D eigenvalue weighted by atomic mass is 32.3. The van der Waals surface area contributed by atoms with E-state index in [1.165, 1.54) is 10.5 Å². The Morgan fingerprint density at radius 1 is 1.19 bits per heavy atom. The Hall–Kier alpha value is -1.98. The number of sulfonamides is 1. The molecule has 4 aliphatic rings. The molecule has 1 aromatic heterocycles. The minimum atomic E-state index is -3.60. The summed E-state index contributed by atoms with van der Waals surface area (Å²) in [5.74, 6) is 0.970. The van der Waals surface area contributed by atoms with Crippen molar-refractivity contribution in [3.63, 3.8) is 0 Å². The molecule has 3 amide bonds. The van der Waals surface area contributed by atoms with E-state index < -0.39 is 10.4 Å². The molecule has 0 radical (unpaired) electrons. The standard InChI is InChI=1S/C21H32N6O4S/c1-2-25-15-18(11-22-25)32(30,31)26-8-6-23(7-9-26)21(29)24-12-16-10-17(14-24)19-4-3-5-20(28)27(19)13-16/h11,15-17,19H,2-10,12-14H2,1H3/t16?,17?,19-/m1/s1. The van der Waals surface area contributed by atoms with Crippen molar-refractivity contribution in [1.29, 1.82) is 0 Å². The molecule has 176 valence electrons. The Kier molecular flexibility index (Phi) is 5.75. The molecule has 4 aliphatic heterocycles. The Balaban J connectivity index is 1.20. The third kappa shape index (κ3) is 3.84. The fourth-order valence-electron chi connectivity index (χ4n) is 5.89. The summed E-state index contributed by atoms with van der Waals surface area (Å²) in [6.45, 7) is 6.02. The van der Waals surface area contributed by atoms with Gasteiger partial charge in [0.2, 0.25) is 10.8 Å². The third-order valence-corrected chi connectivity index (χ3v) is 9.38.